The Kier molecular flexibility index (Phi) is 3.44. The predicted molar refractivity (Wildman–Crippen MR) is 82.8 cm³/mol. The van der Waals surface area contributed by atoms with Crippen LogP contribution in [0.1, 0.15) is 40.4 Å². The molecule has 20 heavy (non-hydrogen) atoms. The number of thiazole rings is 1. The second-order valence-electron chi connectivity index (χ2n) is 5.09. The maximum atomic E-state index is 12.3. The topological polar surface area (TPSA) is 54.0 Å². The van der Waals surface area contributed by atoms with Gasteiger partial charge in [-0.15, -0.1) is 11.3 Å². The van der Waals surface area contributed by atoms with Gasteiger partial charge in [0, 0.05) is 29.6 Å². The summed E-state index contributed by atoms with van der Waals surface area (Å²) < 4.78 is 0. The highest BCUT2D eigenvalue weighted by atomic mass is 32.1. The molecule has 0 unspecified atom stereocenters. The van der Waals surface area contributed by atoms with Crippen molar-refractivity contribution >= 4 is 28.1 Å². The summed E-state index contributed by atoms with van der Waals surface area (Å²) in [7, 11) is 1.86. The highest BCUT2D eigenvalue weighted by molar-refractivity contribution is 7.14. The quantitative estimate of drug-likeness (QED) is 0.903. The first-order valence-electron chi connectivity index (χ1n) is 6.72. The third kappa shape index (κ3) is 2.67. The number of rotatable bonds is 4. The minimum absolute atomic E-state index is 0.0955. The van der Waals surface area contributed by atoms with E-state index in [-0.39, 0.29) is 5.91 Å². The lowest BCUT2D eigenvalue weighted by molar-refractivity contribution is 0.102. The van der Waals surface area contributed by atoms with Crippen LogP contribution in [-0.2, 0) is 0 Å². The van der Waals surface area contributed by atoms with Crippen LogP contribution in [0.2, 0.25) is 0 Å². The van der Waals surface area contributed by atoms with Crippen molar-refractivity contribution in [3.05, 3.63) is 40.4 Å². The first-order valence-corrected chi connectivity index (χ1v) is 7.60. The molecule has 1 heterocycles. The molecule has 0 spiro atoms. The molecule has 2 aromatic rings. The van der Waals surface area contributed by atoms with E-state index in [1.165, 1.54) is 24.2 Å². The Bertz CT molecular complexity index is 646. The van der Waals surface area contributed by atoms with E-state index < -0.39 is 0 Å². The van der Waals surface area contributed by atoms with Crippen molar-refractivity contribution in [2.75, 3.05) is 17.7 Å². The number of amides is 1. The summed E-state index contributed by atoms with van der Waals surface area (Å²) in [5.74, 6) is 0.524. The standard InChI is InChI=1S/C15H17N3OS/c1-9-7-11(16-2)5-6-12(9)14(19)18-15-17-13(8-20-15)10-3-4-10/h5-8,10,16H,3-4H2,1-2H3,(H,17,18,19). The summed E-state index contributed by atoms with van der Waals surface area (Å²) in [5, 5.41) is 8.69. The zero-order valence-electron chi connectivity index (χ0n) is 11.6. The van der Waals surface area contributed by atoms with Gasteiger partial charge in [-0.05, 0) is 43.5 Å². The Morgan fingerprint density at radius 3 is 2.85 bits per heavy atom. The number of aromatic nitrogens is 1. The Balaban J connectivity index is 1.74. The van der Waals surface area contributed by atoms with Crippen LogP contribution in [0.15, 0.2) is 23.6 Å². The van der Waals surface area contributed by atoms with Gasteiger partial charge in [0.1, 0.15) is 0 Å². The van der Waals surface area contributed by atoms with Crippen LogP contribution < -0.4 is 10.6 Å². The van der Waals surface area contributed by atoms with E-state index in [0.717, 1.165) is 16.9 Å². The van der Waals surface area contributed by atoms with Gasteiger partial charge in [0.05, 0.1) is 5.69 Å². The molecule has 0 bridgehead atoms. The van der Waals surface area contributed by atoms with Gasteiger partial charge in [0.25, 0.3) is 5.91 Å². The van der Waals surface area contributed by atoms with Crippen molar-refractivity contribution in [3.8, 4) is 0 Å². The van der Waals surface area contributed by atoms with Crippen LogP contribution in [-0.4, -0.2) is 17.9 Å². The Morgan fingerprint density at radius 2 is 2.20 bits per heavy atom. The minimum atomic E-state index is -0.0955. The zero-order chi connectivity index (χ0) is 14.1. The maximum Gasteiger partial charge on any atom is 0.257 e. The van der Waals surface area contributed by atoms with Crippen molar-refractivity contribution in [3.63, 3.8) is 0 Å². The minimum Gasteiger partial charge on any atom is -0.388 e. The second kappa shape index (κ2) is 5.25. The third-order valence-corrected chi connectivity index (χ3v) is 4.27. The highest BCUT2D eigenvalue weighted by Gasteiger charge is 2.26. The largest absolute Gasteiger partial charge is 0.388 e. The fourth-order valence-corrected chi connectivity index (χ4v) is 2.94. The fourth-order valence-electron chi connectivity index (χ4n) is 2.15. The normalized spacial score (nSPS) is 14.1. The summed E-state index contributed by atoms with van der Waals surface area (Å²) in [5.41, 5.74) is 3.76. The van der Waals surface area contributed by atoms with Crippen LogP contribution in [0, 0.1) is 6.92 Å². The molecule has 1 fully saturated rings. The number of nitrogens with zero attached hydrogens (tertiary/aromatic N) is 1. The molecule has 1 amide bonds. The number of hydrogen-bond acceptors (Lipinski definition) is 4. The average Bonchev–Trinajstić information content (AvgIpc) is 3.19. The summed E-state index contributed by atoms with van der Waals surface area (Å²) in [6, 6.07) is 5.71. The van der Waals surface area contributed by atoms with Crippen LogP contribution in [0.5, 0.6) is 0 Å². The lowest BCUT2D eigenvalue weighted by Crippen LogP contribution is -2.13. The smallest absolute Gasteiger partial charge is 0.257 e. The molecule has 1 saturated carbocycles. The molecule has 0 saturated heterocycles. The van der Waals surface area contributed by atoms with Gasteiger partial charge >= 0.3 is 0 Å². The summed E-state index contributed by atoms with van der Waals surface area (Å²) in [6.07, 6.45) is 2.45. The van der Waals surface area contributed by atoms with Crippen molar-refractivity contribution in [2.24, 2.45) is 0 Å². The van der Waals surface area contributed by atoms with Gasteiger partial charge < -0.3 is 5.32 Å². The third-order valence-electron chi connectivity index (χ3n) is 3.50. The molecular formula is C15H17N3OS. The van der Waals surface area contributed by atoms with Gasteiger partial charge in [0.15, 0.2) is 5.13 Å². The monoisotopic (exact) mass is 287 g/mol. The van der Waals surface area contributed by atoms with Crippen molar-refractivity contribution < 1.29 is 4.79 Å². The van der Waals surface area contributed by atoms with Crippen molar-refractivity contribution in [1.29, 1.82) is 0 Å². The summed E-state index contributed by atoms with van der Waals surface area (Å²) >= 11 is 1.50. The molecule has 1 aliphatic rings. The van der Waals surface area contributed by atoms with E-state index in [1.807, 2.05) is 37.6 Å². The maximum absolute atomic E-state index is 12.3. The lowest BCUT2D eigenvalue weighted by atomic mass is 10.1. The van der Waals surface area contributed by atoms with Gasteiger partial charge in [-0.2, -0.15) is 0 Å². The first-order chi connectivity index (χ1) is 9.67. The van der Waals surface area contributed by atoms with E-state index in [9.17, 15) is 4.79 Å². The first kappa shape index (κ1) is 13.1. The SMILES string of the molecule is CNc1ccc(C(=O)Nc2nc(C3CC3)cs2)c(C)c1. The van der Waals surface area contributed by atoms with Gasteiger partial charge in [-0.25, -0.2) is 4.98 Å². The number of carbonyl (C=O) groups excluding carboxylic acids is 1. The van der Waals surface area contributed by atoms with Gasteiger partial charge in [-0.3, -0.25) is 10.1 Å². The van der Waals surface area contributed by atoms with E-state index >= 15 is 0 Å². The average molecular weight is 287 g/mol. The highest BCUT2D eigenvalue weighted by Crippen LogP contribution is 2.40. The number of nitrogens with one attached hydrogen (secondary N) is 2. The fraction of sp³-hybridized carbons (Fsp3) is 0.333. The molecule has 1 aromatic heterocycles. The van der Waals surface area contributed by atoms with Crippen LogP contribution in [0.25, 0.3) is 0 Å². The zero-order valence-corrected chi connectivity index (χ0v) is 12.4. The molecule has 3 rings (SSSR count). The number of benzene rings is 1. The summed E-state index contributed by atoms with van der Waals surface area (Å²) in [4.78, 5) is 16.7. The molecule has 4 nitrogen and oxygen atoms in total. The van der Waals surface area contributed by atoms with E-state index in [0.29, 0.717) is 16.6 Å². The van der Waals surface area contributed by atoms with Gasteiger partial charge in [-0.1, -0.05) is 0 Å². The molecule has 1 aliphatic carbocycles. The van der Waals surface area contributed by atoms with E-state index in [1.54, 1.807) is 0 Å². The molecule has 1 aromatic carbocycles. The van der Waals surface area contributed by atoms with Crippen molar-refractivity contribution in [1.82, 2.24) is 4.98 Å². The van der Waals surface area contributed by atoms with Gasteiger partial charge in [0.2, 0.25) is 0 Å². The van der Waals surface area contributed by atoms with E-state index in [2.05, 4.69) is 15.6 Å². The predicted octanol–water partition coefficient (Wildman–Crippen LogP) is 3.62. The Hall–Kier alpha value is -1.88. The molecule has 0 aliphatic heterocycles. The Labute approximate surface area is 122 Å². The number of hydrogen-bond donors (Lipinski definition) is 2. The van der Waals surface area contributed by atoms with Crippen LogP contribution in [0.4, 0.5) is 10.8 Å². The summed E-state index contributed by atoms with van der Waals surface area (Å²) in [6.45, 7) is 1.94. The number of aryl methyl sites for hydroxylation is 1. The molecular weight excluding hydrogens is 270 g/mol. The van der Waals surface area contributed by atoms with Crippen molar-refractivity contribution in [2.45, 2.75) is 25.7 Å². The van der Waals surface area contributed by atoms with Crippen LogP contribution in [0.3, 0.4) is 0 Å². The second-order valence-corrected chi connectivity index (χ2v) is 5.94. The Morgan fingerprint density at radius 1 is 1.40 bits per heavy atom. The lowest BCUT2D eigenvalue weighted by Gasteiger charge is -2.07. The molecule has 0 atom stereocenters. The van der Waals surface area contributed by atoms with E-state index in [4.69, 9.17) is 0 Å². The molecule has 0 radical (unpaired) electrons. The number of carbonyl (C=O) groups is 1. The molecule has 104 valence electrons. The van der Waals surface area contributed by atoms with Crippen LogP contribution >= 0.6 is 11.3 Å². The number of anilines is 2. The molecule has 5 heteroatoms. The molecule has 2 N–H and O–H groups in total.